The fourth-order valence-electron chi connectivity index (χ4n) is 2.18. The van der Waals surface area contributed by atoms with E-state index >= 15 is 0 Å². The van der Waals surface area contributed by atoms with Crippen LogP contribution in [0.15, 0.2) is 28.7 Å². The zero-order chi connectivity index (χ0) is 15.9. The van der Waals surface area contributed by atoms with E-state index in [0.29, 0.717) is 13.1 Å². The highest BCUT2D eigenvalue weighted by atomic mass is 79.9. The number of halogens is 2. The summed E-state index contributed by atoms with van der Waals surface area (Å²) in [6.07, 6.45) is 1.37. The Kier molecular flexibility index (Phi) is 9.72. The summed E-state index contributed by atoms with van der Waals surface area (Å²) in [5, 5.41) is 2.96. The second-order valence-corrected chi connectivity index (χ2v) is 6.11. The van der Waals surface area contributed by atoms with Gasteiger partial charge in [-0.2, -0.15) is 0 Å². The molecule has 0 saturated carbocycles. The van der Waals surface area contributed by atoms with Crippen molar-refractivity contribution >= 4 is 34.2 Å². The van der Waals surface area contributed by atoms with E-state index in [4.69, 9.17) is 10.5 Å². The average Bonchev–Trinajstić information content (AvgIpc) is 2.50. The molecule has 3 N–H and O–H groups in total. The zero-order valence-electron chi connectivity index (χ0n) is 13.4. The lowest BCUT2D eigenvalue weighted by atomic mass is 9.81. The van der Waals surface area contributed by atoms with E-state index in [2.05, 4.69) is 21.2 Å². The standard InChI is InChI=1S/C16H25BrN2O2.ClH/c1-4-16(5-2,11-18)15(20)19-10-12(3)21-14-9-7-6-8-13(14)17;/h6-9,12H,4-5,10-11,18H2,1-3H3,(H,19,20);1H. The van der Waals surface area contributed by atoms with E-state index < -0.39 is 5.41 Å². The molecular formula is C16H26BrClN2O2. The van der Waals surface area contributed by atoms with Crippen molar-refractivity contribution in [2.45, 2.75) is 39.7 Å². The molecule has 0 heterocycles. The fraction of sp³-hybridized carbons (Fsp3) is 0.562. The van der Waals surface area contributed by atoms with Gasteiger partial charge in [-0.3, -0.25) is 4.79 Å². The van der Waals surface area contributed by atoms with Crippen LogP contribution in [0.25, 0.3) is 0 Å². The van der Waals surface area contributed by atoms with Crippen LogP contribution in [0, 0.1) is 5.41 Å². The third kappa shape index (κ3) is 5.45. The highest BCUT2D eigenvalue weighted by molar-refractivity contribution is 9.10. The Morgan fingerprint density at radius 2 is 1.95 bits per heavy atom. The molecule has 0 aliphatic rings. The van der Waals surface area contributed by atoms with E-state index in [-0.39, 0.29) is 24.4 Å². The Morgan fingerprint density at radius 3 is 2.45 bits per heavy atom. The summed E-state index contributed by atoms with van der Waals surface area (Å²) >= 11 is 3.44. The normalized spacial score (nSPS) is 12.2. The fourth-order valence-corrected chi connectivity index (χ4v) is 2.55. The maximum atomic E-state index is 12.3. The van der Waals surface area contributed by atoms with Crippen LogP contribution in [0.4, 0.5) is 0 Å². The topological polar surface area (TPSA) is 64.4 Å². The van der Waals surface area contributed by atoms with Crippen LogP contribution >= 0.6 is 28.3 Å². The average molecular weight is 394 g/mol. The maximum absolute atomic E-state index is 12.3. The molecule has 0 aliphatic heterocycles. The Balaban J connectivity index is 0.00000441. The number of rotatable bonds is 8. The van der Waals surface area contributed by atoms with Gasteiger partial charge in [0.1, 0.15) is 11.9 Å². The monoisotopic (exact) mass is 392 g/mol. The van der Waals surface area contributed by atoms with Crippen molar-refractivity contribution in [1.29, 1.82) is 0 Å². The van der Waals surface area contributed by atoms with Crippen molar-refractivity contribution in [3.63, 3.8) is 0 Å². The molecule has 0 aromatic heterocycles. The van der Waals surface area contributed by atoms with E-state index in [1.165, 1.54) is 0 Å². The lowest BCUT2D eigenvalue weighted by molar-refractivity contribution is -0.131. The molecule has 4 nitrogen and oxygen atoms in total. The molecule has 126 valence electrons. The van der Waals surface area contributed by atoms with Gasteiger partial charge in [-0.25, -0.2) is 0 Å². The molecule has 1 aromatic carbocycles. The van der Waals surface area contributed by atoms with Crippen LogP contribution in [0.5, 0.6) is 5.75 Å². The van der Waals surface area contributed by atoms with E-state index in [9.17, 15) is 4.79 Å². The van der Waals surface area contributed by atoms with Gasteiger partial charge in [-0.15, -0.1) is 12.4 Å². The Morgan fingerprint density at radius 1 is 1.36 bits per heavy atom. The number of amides is 1. The minimum Gasteiger partial charge on any atom is -0.488 e. The van der Waals surface area contributed by atoms with E-state index in [0.717, 1.165) is 23.1 Å². The van der Waals surface area contributed by atoms with Crippen LogP contribution < -0.4 is 15.8 Å². The van der Waals surface area contributed by atoms with Crippen molar-refractivity contribution in [2.75, 3.05) is 13.1 Å². The minimum atomic E-state index is -0.465. The number of ether oxygens (including phenoxy) is 1. The van der Waals surface area contributed by atoms with Gasteiger partial charge >= 0.3 is 0 Å². The first kappa shape index (κ1) is 21.2. The molecule has 0 saturated heterocycles. The first-order chi connectivity index (χ1) is 9.99. The highest BCUT2D eigenvalue weighted by Crippen LogP contribution is 2.26. The first-order valence-corrected chi connectivity index (χ1v) is 8.18. The van der Waals surface area contributed by atoms with Crippen molar-refractivity contribution in [1.82, 2.24) is 5.32 Å². The quantitative estimate of drug-likeness (QED) is 0.710. The molecule has 1 aromatic rings. The number of carbonyl (C=O) groups excluding carboxylic acids is 1. The molecule has 0 aliphatic carbocycles. The molecular weight excluding hydrogens is 368 g/mol. The van der Waals surface area contributed by atoms with Crippen LogP contribution in [-0.4, -0.2) is 25.1 Å². The highest BCUT2D eigenvalue weighted by Gasteiger charge is 2.33. The van der Waals surface area contributed by atoms with Crippen molar-refractivity contribution in [2.24, 2.45) is 11.1 Å². The largest absolute Gasteiger partial charge is 0.488 e. The Hall–Kier alpha value is -0.780. The number of para-hydroxylation sites is 1. The second kappa shape index (κ2) is 10.1. The summed E-state index contributed by atoms with van der Waals surface area (Å²) in [6.45, 7) is 6.75. The van der Waals surface area contributed by atoms with E-state index in [1.54, 1.807) is 0 Å². The lowest BCUT2D eigenvalue weighted by Gasteiger charge is -2.29. The Bertz CT molecular complexity index is 459. The van der Waals surface area contributed by atoms with Gasteiger partial charge in [0.25, 0.3) is 0 Å². The summed E-state index contributed by atoms with van der Waals surface area (Å²) in [5.74, 6) is 0.785. The summed E-state index contributed by atoms with van der Waals surface area (Å²) in [7, 11) is 0. The predicted octanol–water partition coefficient (Wildman–Crippen LogP) is 3.52. The third-order valence-electron chi connectivity index (χ3n) is 3.94. The third-order valence-corrected chi connectivity index (χ3v) is 4.60. The molecule has 1 atom stereocenters. The van der Waals surface area contributed by atoms with Gasteiger partial charge < -0.3 is 15.8 Å². The minimum absolute atomic E-state index is 0. The number of nitrogens with one attached hydrogen (secondary N) is 1. The number of hydrogen-bond acceptors (Lipinski definition) is 3. The first-order valence-electron chi connectivity index (χ1n) is 7.38. The van der Waals surface area contributed by atoms with Gasteiger partial charge in [0.15, 0.2) is 0 Å². The Labute approximate surface area is 147 Å². The van der Waals surface area contributed by atoms with Gasteiger partial charge in [0.2, 0.25) is 5.91 Å². The summed E-state index contributed by atoms with van der Waals surface area (Å²) < 4.78 is 6.72. The predicted molar refractivity (Wildman–Crippen MR) is 96.6 cm³/mol. The lowest BCUT2D eigenvalue weighted by Crippen LogP contribution is -2.47. The summed E-state index contributed by atoms with van der Waals surface area (Å²) in [6, 6.07) is 7.67. The smallest absolute Gasteiger partial charge is 0.227 e. The molecule has 6 heteroatoms. The zero-order valence-corrected chi connectivity index (χ0v) is 15.8. The van der Waals surface area contributed by atoms with Gasteiger partial charge in [0.05, 0.1) is 16.4 Å². The van der Waals surface area contributed by atoms with Gasteiger partial charge in [-0.05, 0) is 47.8 Å². The number of hydrogen-bond donors (Lipinski definition) is 2. The molecule has 0 spiro atoms. The second-order valence-electron chi connectivity index (χ2n) is 5.26. The van der Waals surface area contributed by atoms with Crippen LogP contribution in [0.1, 0.15) is 33.6 Å². The molecule has 0 radical (unpaired) electrons. The summed E-state index contributed by atoms with van der Waals surface area (Å²) in [4.78, 5) is 12.3. The van der Waals surface area contributed by atoms with Gasteiger partial charge in [0, 0.05) is 6.54 Å². The molecule has 1 rings (SSSR count). The van der Waals surface area contributed by atoms with E-state index in [1.807, 2.05) is 45.0 Å². The SMILES string of the molecule is CCC(CC)(CN)C(=O)NCC(C)Oc1ccccc1Br.Cl. The van der Waals surface area contributed by atoms with Crippen LogP contribution in [0.3, 0.4) is 0 Å². The maximum Gasteiger partial charge on any atom is 0.227 e. The molecule has 1 amide bonds. The summed E-state index contributed by atoms with van der Waals surface area (Å²) in [5.41, 5.74) is 5.32. The van der Waals surface area contributed by atoms with Crippen LogP contribution in [-0.2, 0) is 4.79 Å². The molecule has 0 fully saturated rings. The number of benzene rings is 1. The molecule has 1 unspecified atom stereocenters. The van der Waals surface area contributed by atoms with Crippen LogP contribution in [0.2, 0.25) is 0 Å². The van der Waals surface area contributed by atoms with Crippen molar-refractivity contribution in [3.8, 4) is 5.75 Å². The number of nitrogens with two attached hydrogens (primary N) is 1. The van der Waals surface area contributed by atoms with Crippen molar-refractivity contribution < 1.29 is 9.53 Å². The molecule has 22 heavy (non-hydrogen) atoms. The van der Waals surface area contributed by atoms with Crippen molar-refractivity contribution in [3.05, 3.63) is 28.7 Å². The number of carbonyl (C=O) groups is 1. The molecule has 0 bridgehead atoms. The van der Waals surface area contributed by atoms with Gasteiger partial charge in [-0.1, -0.05) is 26.0 Å².